The first-order valence-corrected chi connectivity index (χ1v) is 9.24. The van der Waals surface area contributed by atoms with Gasteiger partial charge in [0.25, 0.3) is 5.91 Å². The van der Waals surface area contributed by atoms with E-state index in [4.69, 9.17) is 0 Å². The maximum Gasteiger partial charge on any atom is 0.290 e. The summed E-state index contributed by atoms with van der Waals surface area (Å²) in [7, 11) is 1.90. The average Bonchev–Trinajstić information content (AvgIpc) is 3.37. The molecule has 1 aromatic carbocycles. The summed E-state index contributed by atoms with van der Waals surface area (Å²) in [6.45, 7) is 6.36. The largest absolute Gasteiger partial charge is 0.329 e. The van der Waals surface area contributed by atoms with E-state index in [0.717, 1.165) is 23.9 Å². The molecule has 0 N–H and O–H groups in total. The predicted octanol–water partition coefficient (Wildman–Crippen LogP) is 3.45. The van der Waals surface area contributed by atoms with Gasteiger partial charge in [0.2, 0.25) is 0 Å². The highest BCUT2D eigenvalue weighted by molar-refractivity contribution is 5.97. The lowest BCUT2D eigenvalue weighted by Gasteiger charge is -2.20. The van der Waals surface area contributed by atoms with Gasteiger partial charge in [-0.15, -0.1) is 0 Å². The molecule has 2 aromatic rings. The number of amides is 1. The Bertz CT molecular complexity index is 818. The highest BCUT2D eigenvalue weighted by Gasteiger charge is 2.27. The van der Waals surface area contributed by atoms with E-state index in [-0.39, 0.29) is 18.2 Å². The molecule has 1 aromatic heterocycles. The van der Waals surface area contributed by atoms with E-state index in [1.807, 2.05) is 18.5 Å². The maximum absolute atomic E-state index is 13.0. The number of rotatable bonds is 7. The van der Waals surface area contributed by atoms with Crippen LogP contribution in [0.2, 0.25) is 0 Å². The fourth-order valence-corrected chi connectivity index (χ4v) is 3.43. The number of Topliss-reactive ketones (excluding diaryl/α,β-unsaturated/α-hetero) is 1. The molecule has 1 amide bonds. The van der Waals surface area contributed by atoms with Crippen molar-refractivity contribution in [3.8, 4) is 0 Å². The van der Waals surface area contributed by atoms with Gasteiger partial charge in [0, 0.05) is 13.6 Å². The van der Waals surface area contributed by atoms with Gasteiger partial charge >= 0.3 is 0 Å². The van der Waals surface area contributed by atoms with Crippen LogP contribution in [-0.2, 0) is 18.3 Å². The van der Waals surface area contributed by atoms with Gasteiger partial charge in [-0.2, -0.15) is 0 Å². The summed E-state index contributed by atoms with van der Waals surface area (Å²) in [4.78, 5) is 30.8. The molecule has 5 nitrogen and oxygen atoms in total. The van der Waals surface area contributed by atoms with Gasteiger partial charge < -0.3 is 9.47 Å². The summed E-state index contributed by atoms with van der Waals surface area (Å²) in [5, 5.41) is 0. The van der Waals surface area contributed by atoms with Crippen molar-refractivity contribution >= 4 is 22.7 Å². The minimum atomic E-state index is -0.161. The molecule has 134 valence electrons. The lowest BCUT2D eigenvalue weighted by atomic mass is 10.0. The second-order valence-corrected chi connectivity index (χ2v) is 7.10. The number of fused-ring (bicyclic) bond motifs is 1. The summed E-state index contributed by atoms with van der Waals surface area (Å²) in [6, 6.07) is 4.44. The molecule has 1 heterocycles. The lowest BCUT2D eigenvalue weighted by molar-refractivity contribution is -0.117. The molecular weight excluding hydrogens is 314 g/mol. The quantitative estimate of drug-likeness (QED) is 0.775. The van der Waals surface area contributed by atoms with Crippen LogP contribution in [0.15, 0.2) is 12.1 Å². The van der Waals surface area contributed by atoms with E-state index in [1.165, 1.54) is 30.9 Å². The zero-order chi connectivity index (χ0) is 18.1. The molecule has 25 heavy (non-hydrogen) atoms. The molecule has 1 aliphatic carbocycles. The van der Waals surface area contributed by atoms with Crippen molar-refractivity contribution in [3.63, 3.8) is 0 Å². The number of benzene rings is 1. The van der Waals surface area contributed by atoms with Crippen LogP contribution in [0, 0.1) is 0 Å². The average molecular weight is 341 g/mol. The van der Waals surface area contributed by atoms with Crippen molar-refractivity contribution < 1.29 is 9.59 Å². The van der Waals surface area contributed by atoms with Gasteiger partial charge in [-0.05, 0) is 55.7 Å². The van der Waals surface area contributed by atoms with Crippen LogP contribution in [0.25, 0.3) is 11.0 Å². The third-order valence-corrected chi connectivity index (χ3v) is 4.90. The van der Waals surface area contributed by atoms with Crippen LogP contribution in [0.1, 0.15) is 67.7 Å². The van der Waals surface area contributed by atoms with Crippen LogP contribution < -0.4 is 0 Å². The van der Waals surface area contributed by atoms with Gasteiger partial charge in [0.15, 0.2) is 5.82 Å². The molecule has 3 rings (SSSR count). The summed E-state index contributed by atoms with van der Waals surface area (Å²) < 4.78 is 1.89. The van der Waals surface area contributed by atoms with Crippen LogP contribution in [0.4, 0.5) is 0 Å². The predicted molar refractivity (Wildman–Crippen MR) is 98.9 cm³/mol. The van der Waals surface area contributed by atoms with Crippen molar-refractivity contribution in [2.75, 3.05) is 13.1 Å². The van der Waals surface area contributed by atoms with E-state index in [9.17, 15) is 9.59 Å². The molecule has 1 fully saturated rings. The third-order valence-electron chi connectivity index (χ3n) is 4.90. The normalized spacial score (nSPS) is 14.1. The smallest absolute Gasteiger partial charge is 0.290 e. The third kappa shape index (κ3) is 3.46. The van der Waals surface area contributed by atoms with Crippen molar-refractivity contribution in [2.24, 2.45) is 7.05 Å². The number of ketones is 1. The Morgan fingerprint density at radius 2 is 2.00 bits per heavy atom. The number of hydrogen-bond donors (Lipinski definition) is 0. The Labute approximate surface area is 149 Å². The number of aromatic nitrogens is 2. The Morgan fingerprint density at radius 3 is 2.56 bits per heavy atom. The summed E-state index contributed by atoms with van der Waals surface area (Å²) in [5.74, 6) is 0.919. The van der Waals surface area contributed by atoms with Gasteiger partial charge in [0.1, 0.15) is 5.78 Å². The minimum absolute atomic E-state index is 0.00849. The summed E-state index contributed by atoms with van der Waals surface area (Å²) in [5.41, 5.74) is 4.49. The highest BCUT2D eigenvalue weighted by atomic mass is 16.2. The molecule has 0 aliphatic heterocycles. The zero-order valence-electron chi connectivity index (χ0n) is 15.6. The van der Waals surface area contributed by atoms with Gasteiger partial charge in [0.05, 0.1) is 17.6 Å². The van der Waals surface area contributed by atoms with Gasteiger partial charge in [-0.3, -0.25) is 9.59 Å². The molecule has 1 saturated carbocycles. The molecule has 5 heteroatoms. The van der Waals surface area contributed by atoms with Crippen LogP contribution in [0.3, 0.4) is 0 Å². The Kier molecular flexibility index (Phi) is 4.93. The first-order valence-electron chi connectivity index (χ1n) is 9.24. The lowest BCUT2D eigenvalue weighted by Crippen LogP contribution is -2.37. The van der Waals surface area contributed by atoms with E-state index >= 15 is 0 Å². The number of aryl methyl sites for hydroxylation is 2. The van der Waals surface area contributed by atoms with E-state index < -0.39 is 0 Å². The standard InChI is InChI=1S/C20H27N3O2/c1-5-9-23(12-13(3)24)20(25)19-21-18-14(6-2)10-16(15-7-8-15)11-17(18)22(19)4/h10-11,15H,5-9,12H2,1-4H3. The van der Waals surface area contributed by atoms with Crippen LogP contribution >= 0.6 is 0 Å². The van der Waals surface area contributed by atoms with Gasteiger partial charge in [-0.1, -0.05) is 19.9 Å². The van der Waals surface area contributed by atoms with Crippen molar-refractivity contribution in [2.45, 2.75) is 52.4 Å². The molecular formula is C20H27N3O2. The SMILES string of the molecule is CCCN(CC(C)=O)C(=O)c1nc2c(CC)cc(C3CC3)cc2n1C. The summed E-state index contributed by atoms with van der Waals surface area (Å²) in [6.07, 6.45) is 4.21. The second kappa shape index (κ2) is 6.98. The Balaban J connectivity index is 2.05. The van der Waals surface area contributed by atoms with Crippen molar-refractivity contribution in [3.05, 3.63) is 29.1 Å². The summed E-state index contributed by atoms with van der Waals surface area (Å²) >= 11 is 0. The molecule has 1 aliphatic rings. The number of carbonyl (C=O) groups is 2. The molecule has 0 unspecified atom stereocenters. The fourth-order valence-electron chi connectivity index (χ4n) is 3.43. The molecule has 0 bridgehead atoms. The number of imidazole rings is 1. The second-order valence-electron chi connectivity index (χ2n) is 7.10. The monoisotopic (exact) mass is 341 g/mol. The molecule has 0 radical (unpaired) electrons. The minimum Gasteiger partial charge on any atom is -0.329 e. The topological polar surface area (TPSA) is 55.2 Å². The molecule has 0 spiro atoms. The van der Waals surface area contributed by atoms with E-state index in [0.29, 0.717) is 18.3 Å². The zero-order valence-corrected chi connectivity index (χ0v) is 15.6. The van der Waals surface area contributed by atoms with E-state index in [1.54, 1.807) is 4.90 Å². The Hall–Kier alpha value is -2.17. The highest BCUT2D eigenvalue weighted by Crippen LogP contribution is 2.41. The number of carbonyl (C=O) groups excluding carboxylic acids is 2. The Morgan fingerprint density at radius 1 is 1.28 bits per heavy atom. The first-order chi connectivity index (χ1) is 12.0. The number of hydrogen-bond acceptors (Lipinski definition) is 3. The van der Waals surface area contributed by atoms with Crippen LogP contribution in [0.5, 0.6) is 0 Å². The first kappa shape index (κ1) is 17.6. The van der Waals surface area contributed by atoms with Crippen LogP contribution in [-0.4, -0.2) is 39.2 Å². The fraction of sp³-hybridized carbons (Fsp3) is 0.550. The molecule has 0 atom stereocenters. The molecule has 0 saturated heterocycles. The van der Waals surface area contributed by atoms with Crippen molar-refractivity contribution in [1.82, 2.24) is 14.5 Å². The maximum atomic E-state index is 13.0. The van der Waals surface area contributed by atoms with Crippen molar-refractivity contribution in [1.29, 1.82) is 0 Å². The van der Waals surface area contributed by atoms with Gasteiger partial charge in [-0.25, -0.2) is 4.98 Å². The number of nitrogens with zero attached hydrogens (tertiary/aromatic N) is 3. The van der Waals surface area contributed by atoms with E-state index in [2.05, 4.69) is 24.0 Å².